The molecule has 0 aliphatic carbocycles. The van der Waals surface area contributed by atoms with Gasteiger partial charge in [0.05, 0.1) is 22.6 Å². The van der Waals surface area contributed by atoms with Crippen LogP contribution in [0.25, 0.3) is 0 Å². The number of anilines is 2. The lowest BCUT2D eigenvalue weighted by Gasteiger charge is -2.23. The highest BCUT2D eigenvalue weighted by molar-refractivity contribution is 5.68. The quantitative estimate of drug-likeness (QED) is 0.636. The summed E-state index contributed by atoms with van der Waals surface area (Å²) in [4.78, 5) is 0. The van der Waals surface area contributed by atoms with Crippen molar-refractivity contribution in [2.75, 3.05) is 11.5 Å². The number of fused-ring (bicyclic) bond motifs is 5. The molecule has 0 radical (unpaired) electrons. The number of hydrogen-bond donors (Lipinski definition) is 2. The number of nitrogen functional groups attached to an aromatic ring is 2. The second-order valence-corrected chi connectivity index (χ2v) is 5.09. The van der Waals surface area contributed by atoms with Gasteiger partial charge in [0.15, 0.2) is 0 Å². The molecule has 1 fully saturated rings. The number of hydrogen-bond acceptors (Lipinski definition) is 3. The van der Waals surface area contributed by atoms with E-state index in [9.17, 15) is 0 Å². The van der Waals surface area contributed by atoms with E-state index in [0.717, 1.165) is 12.8 Å². The van der Waals surface area contributed by atoms with Gasteiger partial charge in [0.2, 0.25) is 0 Å². The average Bonchev–Trinajstić information content (AvgIpc) is 2.57. The van der Waals surface area contributed by atoms with Gasteiger partial charge in [-0.25, -0.2) is 0 Å². The maximum Gasteiger partial charge on any atom is 0.0921 e. The maximum absolute atomic E-state index is 6.12. The molecule has 2 unspecified atom stereocenters. The normalized spacial score (nSPS) is 36.9. The van der Waals surface area contributed by atoms with Crippen LogP contribution in [-0.2, 0) is 15.9 Å². The maximum atomic E-state index is 6.12. The average molecular weight is 204 g/mol. The molecule has 1 aromatic carbocycles. The van der Waals surface area contributed by atoms with Crippen LogP contribution in [0, 0.1) is 0 Å². The summed E-state index contributed by atoms with van der Waals surface area (Å²) in [5.74, 6) is 0. The first kappa shape index (κ1) is 9.04. The Bertz CT molecular complexity index is 416. The van der Waals surface area contributed by atoms with Crippen LogP contribution in [0.3, 0.4) is 0 Å². The minimum atomic E-state index is -0.147. The fourth-order valence-corrected chi connectivity index (χ4v) is 2.96. The van der Waals surface area contributed by atoms with Crippen LogP contribution in [0.1, 0.15) is 37.8 Å². The molecule has 3 nitrogen and oxygen atoms in total. The summed E-state index contributed by atoms with van der Waals surface area (Å²) in [6.45, 7) is 4.28. The molecular weight excluding hydrogens is 188 g/mol. The third-order valence-corrected chi connectivity index (χ3v) is 3.89. The summed E-state index contributed by atoms with van der Waals surface area (Å²) in [6.07, 6.45) is 2.14. The molecule has 15 heavy (non-hydrogen) atoms. The van der Waals surface area contributed by atoms with Gasteiger partial charge >= 0.3 is 0 Å². The minimum Gasteiger partial charge on any atom is -0.397 e. The molecule has 2 bridgehead atoms. The first-order chi connectivity index (χ1) is 6.95. The Hall–Kier alpha value is -1.22. The monoisotopic (exact) mass is 204 g/mol. The predicted octanol–water partition coefficient (Wildman–Crippen LogP) is 2.11. The Kier molecular flexibility index (Phi) is 1.38. The summed E-state index contributed by atoms with van der Waals surface area (Å²) in [7, 11) is 0. The van der Waals surface area contributed by atoms with Gasteiger partial charge in [-0.3, -0.25) is 0 Å². The fraction of sp³-hybridized carbons (Fsp3) is 0.500. The van der Waals surface area contributed by atoms with Gasteiger partial charge < -0.3 is 16.2 Å². The van der Waals surface area contributed by atoms with Crippen LogP contribution < -0.4 is 11.5 Å². The van der Waals surface area contributed by atoms with Gasteiger partial charge in [-0.05, 0) is 49.9 Å². The summed E-state index contributed by atoms with van der Waals surface area (Å²) in [5, 5.41) is 0. The Labute approximate surface area is 89.4 Å². The zero-order chi connectivity index (χ0) is 10.8. The van der Waals surface area contributed by atoms with E-state index < -0.39 is 0 Å². The lowest BCUT2D eigenvalue weighted by molar-refractivity contribution is -0.0662. The molecular formula is C12H16N2O. The summed E-state index contributed by atoms with van der Waals surface area (Å²) >= 11 is 0. The van der Waals surface area contributed by atoms with E-state index in [2.05, 4.69) is 13.8 Å². The van der Waals surface area contributed by atoms with Gasteiger partial charge in [-0.1, -0.05) is 0 Å². The number of benzene rings is 1. The van der Waals surface area contributed by atoms with Crippen molar-refractivity contribution in [3.63, 3.8) is 0 Å². The van der Waals surface area contributed by atoms with Crippen LogP contribution >= 0.6 is 0 Å². The second kappa shape index (κ2) is 2.30. The highest BCUT2D eigenvalue weighted by Gasteiger charge is 2.54. The van der Waals surface area contributed by atoms with Crippen LogP contribution in [0.2, 0.25) is 0 Å². The van der Waals surface area contributed by atoms with E-state index in [4.69, 9.17) is 16.2 Å². The highest BCUT2D eigenvalue weighted by atomic mass is 16.5. The largest absolute Gasteiger partial charge is 0.397 e. The fourth-order valence-electron chi connectivity index (χ4n) is 2.96. The van der Waals surface area contributed by atoms with E-state index in [1.807, 2.05) is 12.1 Å². The van der Waals surface area contributed by atoms with Gasteiger partial charge in [-0.2, -0.15) is 0 Å². The molecule has 0 aromatic heterocycles. The van der Waals surface area contributed by atoms with Gasteiger partial charge in [0, 0.05) is 0 Å². The van der Waals surface area contributed by atoms with Gasteiger partial charge in [0.25, 0.3) is 0 Å². The predicted molar refractivity (Wildman–Crippen MR) is 60.3 cm³/mol. The van der Waals surface area contributed by atoms with Crippen LogP contribution in [-0.4, -0.2) is 0 Å². The first-order valence-corrected chi connectivity index (χ1v) is 5.35. The molecule has 0 saturated carbocycles. The van der Waals surface area contributed by atoms with Crippen LogP contribution in [0.4, 0.5) is 11.4 Å². The van der Waals surface area contributed by atoms with E-state index in [1.54, 1.807) is 0 Å². The molecule has 1 aromatic rings. The minimum absolute atomic E-state index is 0.147. The van der Waals surface area contributed by atoms with Crippen LogP contribution in [0.5, 0.6) is 0 Å². The van der Waals surface area contributed by atoms with E-state index in [0.29, 0.717) is 11.4 Å². The SMILES string of the molecule is CC12CCC(C)(O1)c1cc(N)c(N)cc12. The summed E-state index contributed by atoms with van der Waals surface area (Å²) in [6, 6.07) is 3.96. The van der Waals surface area contributed by atoms with Crippen molar-refractivity contribution in [1.82, 2.24) is 0 Å². The third kappa shape index (κ3) is 0.939. The Morgan fingerprint density at radius 3 is 1.80 bits per heavy atom. The molecule has 2 heterocycles. The van der Waals surface area contributed by atoms with E-state index >= 15 is 0 Å². The smallest absolute Gasteiger partial charge is 0.0921 e. The lowest BCUT2D eigenvalue weighted by atomic mass is 9.78. The standard InChI is InChI=1S/C12H16N2O/c1-11-3-4-12(2,15-11)8-6-10(14)9(13)5-7(8)11/h5-6H,3-4,13-14H2,1-2H3. The lowest BCUT2D eigenvalue weighted by Crippen LogP contribution is -2.18. The van der Waals surface area contributed by atoms with Crippen molar-refractivity contribution < 1.29 is 4.74 Å². The van der Waals surface area contributed by atoms with Crippen molar-refractivity contribution in [2.24, 2.45) is 0 Å². The van der Waals surface area contributed by atoms with Crippen molar-refractivity contribution >= 4 is 11.4 Å². The molecule has 3 rings (SSSR count). The highest BCUT2D eigenvalue weighted by Crippen LogP contribution is 2.58. The molecule has 4 N–H and O–H groups in total. The Morgan fingerprint density at radius 1 is 1.00 bits per heavy atom. The van der Waals surface area contributed by atoms with E-state index in [1.165, 1.54) is 11.1 Å². The first-order valence-electron chi connectivity index (χ1n) is 5.35. The third-order valence-electron chi connectivity index (χ3n) is 3.89. The van der Waals surface area contributed by atoms with Crippen LogP contribution in [0.15, 0.2) is 12.1 Å². The molecule has 2 aliphatic rings. The van der Waals surface area contributed by atoms with Crippen molar-refractivity contribution in [1.29, 1.82) is 0 Å². The van der Waals surface area contributed by atoms with Crippen molar-refractivity contribution in [3.8, 4) is 0 Å². The number of ether oxygens (including phenoxy) is 1. The molecule has 2 aliphatic heterocycles. The molecule has 1 saturated heterocycles. The Balaban J connectivity index is 2.30. The second-order valence-electron chi connectivity index (χ2n) is 5.09. The molecule has 0 spiro atoms. The number of rotatable bonds is 0. The molecule has 2 atom stereocenters. The Morgan fingerprint density at radius 2 is 1.40 bits per heavy atom. The summed E-state index contributed by atoms with van der Waals surface area (Å²) in [5.41, 5.74) is 15.2. The van der Waals surface area contributed by atoms with Gasteiger partial charge in [-0.15, -0.1) is 0 Å². The van der Waals surface area contributed by atoms with Gasteiger partial charge in [0.1, 0.15) is 0 Å². The topological polar surface area (TPSA) is 61.3 Å². The molecule has 0 amide bonds. The number of nitrogens with two attached hydrogens (primary N) is 2. The summed E-state index contributed by atoms with van der Waals surface area (Å²) < 4.78 is 6.12. The van der Waals surface area contributed by atoms with E-state index in [-0.39, 0.29) is 11.2 Å². The molecule has 3 heteroatoms. The molecule has 80 valence electrons. The zero-order valence-electron chi connectivity index (χ0n) is 9.13. The zero-order valence-corrected chi connectivity index (χ0v) is 9.13. The van der Waals surface area contributed by atoms with Crippen molar-refractivity contribution in [3.05, 3.63) is 23.3 Å². The van der Waals surface area contributed by atoms with Crippen molar-refractivity contribution in [2.45, 2.75) is 37.9 Å².